The zero-order valence-corrected chi connectivity index (χ0v) is 18.0. The number of thiophene rings is 1. The van der Waals surface area contributed by atoms with Gasteiger partial charge in [0.15, 0.2) is 5.75 Å². The Bertz CT molecular complexity index is 1160. The van der Waals surface area contributed by atoms with Crippen molar-refractivity contribution in [1.29, 1.82) is 0 Å². The Morgan fingerprint density at radius 3 is 2.79 bits per heavy atom. The molecule has 0 aromatic carbocycles. The van der Waals surface area contributed by atoms with Gasteiger partial charge in [0, 0.05) is 29.3 Å². The van der Waals surface area contributed by atoms with E-state index in [9.17, 15) is 9.59 Å². The minimum atomic E-state index is -0.174. The maximum absolute atomic E-state index is 13.4. The molecular weight excluding hydrogens is 386 g/mol. The molecule has 0 bridgehead atoms. The van der Waals surface area contributed by atoms with E-state index < -0.39 is 0 Å². The number of aromatic nitrogens is 3. The van der Waals surface area contributed by atoms with Crippen LogP contribution in [0.25, 0.3) is 10.2 Å². The molecule has 1 aliphatic carbocycles. The van der Waals surface area contributed by atoms with Gasteiger partial charge in [-0.15, -0.1) is 11.3 Å². The van der Waals surface area contributed by atoms with E-state index in [4.69, 9.17) is 9.72 Å². The van der Waals surface area contributed by atoms with Crippen molar-refractivity contribution in [2.75, 3.05) is 6.61 Å². The van der Waals surface area contributed by atoms with Crippen molar-refractivity contribution in [3.05, 3.63) is 54.8 Å². The molecule has 4 rings (SSSR count). The predicted molar refractivity (Wildman–Crippen MR) is 116 cm³/mol. The van der Waals surface area contributed by atoms with Crippen LogP contribution in [0.5, 0.6) is 5.75 Å². The highest BCUT2D eigenvalue weighted by atomic mass is 32.1. The molecular formula is C22H27N3O3S. The normalized spacial score (nSPS) is 13.8. The van der Waals surface area contributed by atoms with Gasteiger partial charge in [-0.2, -0.15) is 0 Å². The highest BCUT2D eigenvalue weighted by Crippen LogP contribution is 2.33. The molecule has 6 nitrogen and oxygen atoms in total. The van der Waals surface area contributed by atoms with Crippen molar-refractivity contribution < 1.29 is 4.74 Å². The third-order valence-corrected chi connectivity index (χ3v) is 6.49. The highest BCUT2D eigenvalue weighted by Gasteiger charge is 2.22. The van der Waals surface area contributed by atoms with Crippen molar-refractivity contribution in [3.8, 4) is 5.75 Å². The molecule has 0 radical (unpaired) electrons. The molecule has 0 aliphatic heterocycles. The molecule has 154 valence electrons. The molecule has 0 unspecified atom stereocenters. The molecule has 3 aromatic heterocycles. The molecule has 0 saturated heterocycles. The van der Waals surface area contributed by atoms with Gasteiger partial charge < -0.3 is 9.72 Å². The first-order valence-corrected chi connectivity index (χ1v) is 11.2. The largest absolute Gasteiger partial charge is 0.488 e. The molecule has 7 heteroatoms. The molecule has 29 heavy (non-hydrogen) atoms. The quantitative estimate of drug-likeness (QED) is 0.669. The van der Waals surface area contributed by atoms with Crippen LogP contribution < -0.4 is 15.7 Å². The van der Waals surface area contributed by atoms with E-state index in [0.717, 1.165) is 35.3 Å². The van der Waals surface area contributed by atoms with Crippen LogP contribution in [-0.2, 0) is 25.8 Å². The van der Waals surface area contributed by atoms with Gasteiger partial charge in [0.05, 0.1) is 18.5 Å². The van der Waals surface area contributed by atoms with Crippen molar-refractivity contribution >= 4 is 21.6 Å². The summed E-state index contributed by atoms with van der Waals surface area (Å²) in [4.78, 5) is 35.9. The van der Waals surface area contributed by atoms with Crippen LogP contribution in [0.1, 0.15) is 55.6 Å². The molecule has 0 saturated carbocycles. The van der Waals surface area contributed by atoms with E-state index in [1.54, 1.807) is 22.1 Å². The summed E-state index contributed by atoms with van der Waals surface area (Å²) in [6, 6.07) is 1.52. The first-order valence-electron chi connectivity index (χ1n) is 10.4. The molecule has 1 N–H and O–H groups in total. The summed E-state index contributed by atoms with van der Waals surface area (Å²) < 4.78 is 7.27. The Balaban J connectivity index is 1.72. The number of pyridine rings is 1. The second kappa shape index (κ2) is 8.14. The number of fused-ring (bicyclic) bond motifs is 3. The Morgan fingerprint density at radius 2 is 2.07 bits per heavy atom. The van der Waals surface area contributed by atoms with Crippen LogP contribution in [0.2, 0.25) is 0 Å². The minimum absolute atomic E-state index is 0.00670. The third kappa shape index (κ3) is 3.88. The summed E-state index contributed by atoms with van der Waals surface area (Å²) in [5.41, 5.74) is 1.70. The minimum Gasteiger partial charge on any atom is -0.488 e. The maximum Gasteiger partial charge on any atom is 0.262 e. The fourth-order valence-corrected chi connectivity index (χ4v) is 5.12. The molecule has 0 atom stereocenters. The summed E-state index contributed by atoms with van der Waals surface area (Å²) in [7, 11) is 0. The Hall–Kier alpha value is -2.41. The van der Waals surface area contributed by atoms with Crippen LogP contribution >= 0.6 is 11.3 Å². The number of ether oxygens (including phenoxy) is 1. The van der Waals surface area contributed by atoms with E-state index in [2.05, 4.69) is 4.98 Å². The van der Waals surface area contributed by atoms with Gasteiger partial charge in [0.2, 0.25) is 5.43 Å². The van der Waals surface area contributed by atoms with Crippen LogP contribution in [0.15, 0.2) is 21.9 Å². The molecule has 0 amide bonds. The average Bonchev–Trinajstić information content (AvgIpc) is 3.07. The van der Waals surface area contributed by atoms with Gasteiger partial charge >= 0.3 is 0 Å². The highest BCUT2D eigenvalue weighted by molar-refractivity contribution is 7.18. The number of hydrogen-bond acceptors (Lipinski definition) is 5. The lowest BCUT2D eigenvalue weighted by atomic mass is 9.97. The summed E-state index contributed by atoms with van der Waals surface area (Å²) >= 11 is 1.67. The number of aromatic amines is 1. The summed E-state index contributed by atoms with van der Waals surface area (Å²) in [5.74, 6) is 1.40. The van der Waals surface area contributed by atoms with Crippen molar-refractivity contribution in [1.82, 2.24) is 14.5 Å². The number of hydrogen-bond donors (Lipinski definition) is 1. The van der Waals surface area contributed by atoms with Gasteiger partial charge in [-0.05, 0) is 37.2 Å². The van der Waals surface area contributed by atoms with Crippen molar-refractivity contribution in [3.63, 3.8) is 0 Å². The fraction of sp³-hybridized carbons (Fsp3) is 0.500. The Morgan fingerprint density at radius 1 is 1.28 bits per heavy atom. The van der Waals surface area contributed by atoms with Crippen LogP contribution in [0.3, 0.4) is 0 Å². The summed E-state index contributed by atoms with van der Waals surface area (Å²) in [5, 5.41) is 0.779. The lowest BCUT2D eigenvalue weighted by Crippen LogP contribution is -2.27. The zero-order chi connectivity index (χ0) is 20.5. The second-order valence-electron chi connectivity index (χ2n) is 8.06. The lowest BCUT2D eigenvalue weighted by Gasteiger charge is -2.13. The van der Waals surface area contributed by atoms with Crippen LogP contribution in [0, 0.1) is 5.92 Å². The van der Waals surface area contributed by atoms with Gasteiger partial charge in [0.1, 0.15) is 10.7 Å². The third-order valence-electron chi connectivity index (χ3n) is 5.31. The monoisotopic (exact) mass is 413 g/mol. The number of H-pyrrole nitrogens is 1. The topological polar surface area (TPSA) is 77.0 Å². The molecule has 3 aromatic rings. The molecule has 0 spiro atoms. The summed E-state index contributed by atoms with van der Waals surface area (Å²) in [6.07, 6.45) is 6.56. The van der Waals surface area contributed by atoms with Gasteiger partial charge in [0.25, 0.3) is 5.56 Å². The lowest BCUT2D eigenvalue weighted by molar-refractivity contribution is 0.267. The first-order chi connectivity index (χ1) is 14.0. The van der Waals surface area contributed by atoms with Crippen LogP contribution in [0.4, 0.5) is 0 Å². The molecule has 3 heterocycles. The van der Waals surface area contributed by atoms with Gasteiger partial charge in [-0.25, -0.2) is 4.98 Å². The van der Waals surface area contributed by atoms with Crippen molar-refractivity contribution in [2.24, 2.45) is 5.92 Å². The molecule has 1 aliphatic rings. The fourth-order valence-electron chi connectivity index (χ4n) is 3.84. The Labute approximate surface area is 173 Å². The van der Waals surface area contributed by atoms with E-state index in [1.165, 1.54) is 22.9 Å². The standard InChI is InChI=1S/C22H27N3O3S/c1-4-19-24-21-20(15-7-5-6-8-18(15)29-21)22(27)25(19)11-14-9-16(26)17(10-23-14)28-12-13(2)3/h9-10,13H,4-8,11-12H2,1-3H3,(H,23,26). The Kier molecular flexibility index (Phi) is 5.58. The van der Waals surface area contributed by atoms with Gasteiger partial charge in [-0.1, -0.05) is 20.8 Å². The SMILES string of the molecule is CCc1nc2sc3c(c2c(=O)n1Cc1cc(=O)c(OCC(C)C)c[nH]1)CCCC3. The first kappa shape index (κ1) is 19.9. The zero-order valence-electron chi connectivity index (χ0n) is 17.2. The number of rotatable bonds is 6. The summed E-state index contributed by atoms with van der Waals surface area (Å²) in [6.45, 7) is 6.87. The van der Waals surface area contributed by atoms with E-state index in [1.807, 2.05) is 20.8 Å². The average molecular weight is 414 g/mol. The van der Waals surface area contributed by atoms with E-state index in [-0.39, 0.29) is 11.0 Å². The van der Waals surface area contributed by atoms with Crippen LogP contribution in [-0.4, -0.2) is 21.1 Å². The number of aryl methyl sites for hydroxylation is 3. The van der Waals surface area contributed by atoms with E-state index in [0.29, 0.717) is 36.9 Å². The number of nitrogens with zero attached hydrogens (tertiary/aromatic N) is 2. The predicted octanol–water partition coefficient (Wildman–Crippen LogP) is 3.67. The second-order valence-corrected chi connectivity index (χ2v) is 9.14. The smallest absolute Gasteiger partial charge is 0.262 e. The van der Waals surface area contributed by atoms with Crippen molar-refractivity contribution in [2.45, 2.75) is 59.4 Å². The van der Waals surface area contributed by atoms with E-state index >= 15 is 0 Å². The maximum atomic E-state index is 13.4. The number of nitrogens with one attached hydrogen (secondary N) is 1. The van der Waals surface area contributed by atoms with Gasteiger partial charge in [-0.3, -0.25) is 14.2 Å². The molecule has 0 fully saturated rings.